The minimum Gasteiger partial charge on any atom is -0.397 e. The van der Waals surface area contributed by atoms with E-state index in [1.165, 1.54) is 18.2 Å². The van der Waals surface area contributed by atoms with Crippen molar-refractivity contribution >= 4 is 33.3 Å². The van der Waals surface area contributed by atoms with Crippen molar-refractivity contribution in [3.8, 4) is 11.4 Å². The van der Waals surface area contributed by atoms with Crippen LogP contribution in [0.1, 0.15) is 12.8 Å². The van der Waals surface area contributed by atoms with E-state index in [9.17, 15) is 13.6 Å². The number of imidazole rings is 1. The topological polar surface area (TPSA) is 94.0 Å². The number of rotatable bonds is 3. The van der Waals surface area contributed by atoms with Crippen LogP contribution in [-0.4, -0.2) is 53.1 Å². The highest BCUT2D eigenvalue weighted by Gasteiger charge is 2.24. The maximum atomic E-state index is 15.0. The molecule has 0 atom stereocenters. The highest BCUT2D eigenvalue weighted by atomic mass is 19.1. The van der Waals surface area contributed by atoms with Gasteiger partial charge in [-0.1, -0.05) is 6.07 Å². The number of benzene rings is 2. The number of nitrogen functional groups attached to an aromatic ring is 1. The Kier molecular flexibility index (Phi) is 4.85. The zero-order valence-electron chi connectivity index (χ0n) is 17.9. The molecule has 5 rings (SSSR count). The third kappa shape index (κ3) is 3.29. The first-order valence-corrected chi connectivity index (χ1v) is 10.5. The average molecular weight is 438 g/mol. The summed E-state index contributed by atoms with van der Waals surface area (Å²) in [5.74, 6) is -0.746. The summed E-state index contributed by atoms with van der Waals surface area (Å²) in [5, 5.41) is 0.122. The lowest BCUT2D eigenvalue weighted by Crippen LogP contribution is -2.42. The third-order valence-electron chi connectivity index (χ3n) is 6.43. The van der Waals surface area contributed by atoms with Gasteiger partial charge in [0, 0.05) is 19.2 Å². The highest BCUT2D eigenvalue weighted by Crippen LogP contribution is 2.32. The monoisotopic (exact) mass is 438 g/mol. The van der Waals surface area contributed by atoms with Crippen molar-refractivity contribution in [3.63, 3.8) is 0 Å². The number of piperidine rings is 1. The van der Waals surface area contributed by atoms with E-state index >= 15 is 0 Å². The van der Waals surface area contributed by atoms with Gasteiger partial charge >= 0.3 is 0 Å². The average Bonchev–Trinajstić information content (AvgIpc) is 3.15. The van der Waals surface area contributed by atoms with Gasteiger partial charge in [0.2, 0.25) is 0 Å². The summed E-state index contributed by atoms with van der Waals surface area (Å²) in [4.78, 5) is 27.1. The van der Waals surface area contributed by atoms with Gasteiger partial charge in [-0.25, -0.2) is 13.8 Å². The van der Waals surface area contributed by atoms with Gasteiger partial charge in [-0.3, -0.25) is 4.79 Å². The first-order chi connectivity index (χ1) is 15.3. The van der Waals surface area contributed by atoms with Crippen molar-refractivity contribution in [2.45, 2.75) is 18.9 Å². The van der Waals surface area contributed by atoms with Crippen LogP contribution >= 0.6 is 0 Å². The molecule has 0 saturated carbocycles. The molecule has 0 unspecified atom stereocenters. The summed E-state index contributed by atoms with van der Waals surface area (Å²) >= 11 is 0. The van der Waals surface area contributed by atoms with E-state index in [0.717, 1.165) is 25.9 Å². The number of nitrogens with one attached hydrogen (secondary N) is 2. The number of H-pyrrole nitrogens is 2. The predicted octanol–water partition coefficient (Wildman–Crippen LogP) is 3.46. The number of likely N-dealkylation sites (tertiary alicyclic amines) is 1. The second kappa shape index (κ2) is 7.59. The molecule has 0 aliphatic carbocycles. The fourth-order valence-electron chi connectivity index (χ4n) is 4.56. The smallest absolute Gasteiger partial charge is 0.261 e. The summed E-state index contributed by atoms with van der Waals surface area (Å²) in [7, 11) is 3.97. The normalized spacial score (nSPS) is 15.6. The third-order valence-corrected chi connectivity index (χ3v) is 6.43. The van der Waals surface area contributed by atoms with Crippen LogP contribution in [0.2, 0.25) is 0 Å². The Morgan fingerprint density at radius 2 is 1.88 bits per heavy atom. The molecule has 9 heteroatoms. The van der Waals surface area contributed by atoms with Crippen LogP contribution in [0.3, 0.4) is 0 Å². The van der Waals surface area contributed by atoms with E-state index in [1.807, 2.05) is 11.9 Å². The molecule has 32 heavy (non-hydrogen) atoms. The van der Waals surface area contributed by atoms with E-state index in [-0.39, 0.29) is 34.3 Å². The van der Waals surface area contributed by atoms with E-state index in [1.54, 1.807) is 12.1 Å². The predicted molar refractivity (Wildman–Crippen MR) is 123 cm³/mol. The largest absolute Gasteiger partial charge is 0.397 e. The molecule has 1 aliphatic heterocycles. The van der Waals surface area contributed by atoms with Crippen molar-refractivity contribution in [2.75, 3.05) is 37.8 Å². The lowest BCUT2D eigenvalue weighted by Gasteiger charge is -2.36. The molecule has 4 N–H and O–H groups in total. The van der Waals surface area contributed by atoms with Gasteiger partial charge in [0.25, 0.3) is 5.56 Å². The van der Waals surface area contributed by atoms with Crippen LogP contribution in [-0.2, 0) is 0 Å². The van der Waals surface area contributed by atoms with Crippen molar-refractivity contribution in [1.29, 1.82) is 0 Å². The highest BCUT2D eigenvalue weighted by molar-refractivity contribution is 5.98. The number of nitrogens with two attached hydrogens (primary N) is 1. The minimum atomic E-state index is -0.540. The van der Waals surface area contributed by atoms with Crippen molar-refractivity contribution in [1.82, 2.24) is 19.9 Å². The van der Waals surface area contributed by atoms with Crippen LogP contribution < -0.4 is 16.2 Å². The molecule has 166 valence electrons. The molecule has 7 nitrogen and oxygen atoms in total. The van der Waals surface area contributed by atoms with Crippen LogP contribution in [0.4, 0.5) is 20.2 Å². The van der Waals surface area contributed by atoms with Gasteiger partial charge in [-0.2, -0.15) is 0 Å². The number of anilines is 2. The molecular formula is C23H24F2N6O. The Labute approximate surface area is 182 Å². The summed E-state index contributed by atoms with van der Waals surface area (Å²) in [6.07, 6.45) is 1.90. The first-order valence-electron chi connectivity index (χ1n) is 10.5. The number of aromatic nitrogens is 3. The fraction of sp³-hybridized carbons (Fsp3) is 0.304. The molecule has 2 aromatic carbocycles. The number of halogens is 2. The number of fused-ring (bicyclic) bond motifs is 2. The summed E-state index contributed by atoms with van der Waals surface area (Å²) in [6.45, 7) is 1.93. The summed E-state index contributed by atoms with van der Waals surface area (Å²) < 4.78 is 29.4. The molecule has 0 amide bonds. The van der Waals surface area contributed by atoms with E-state index in [4.69, 9.17) is 5.73 Å². The zero-order valence-corrected chi connectivity index (χ0v) is 17.9. The minimum absolute atomic E-state index is 0.00922. The van der Waals surface area contributed by atoms with Crippen LogP contribution in [0.5, 0.6) is 0 Å². The van der Waals surface area contributed by atoms with Gasteiger partial charge in [-0.15, -0.1) is 0 Å². The van der Waals surface area contributed by atoms with Crippen LogP contribution in [0.25, 0.3) is 33.3 Å². The fourth-order valence-corrected chi connectivity index (χ4v) is 4.56. The zero-order chi connectivity index (χ0) is 22.6. The van der Waals surface area contributed by atoms with Gasteiger partial charge in [0.05, 0.1) is 33.3 Å². The summed E-state index contributed by atoms with van der Waals surface area (Å²) in [6, 6.07) is 7.64. The molecule has 4 aromatic rings. The second-order valence-electron chi connectivity index (χ2n) is 8.46. The SMILES string of the molecule is CN1CCC(N(C)c2cc3nc(-c4c(N)c5c(F)cccc5[nH]c4=O)[nH]c3cc2F)CC1. The maximum absolute atomic E-state index is 15.0. The maximum Gasteiger partial charge on any atom is 0.261 e. The molecular weight excluding hydrogens is 414 g/mol. The summed E-state index contributed by atoms with van der Waals surface area (Å²) in [5.41, 5.74) is 7.41. The molecule has 1 fully saturated rings. The van der Waals surface area contributed by atoms with Crippen LogP contribution in [0.15, 0.2) is 35.1 Å². The Morgan fingerprint density at radius 3 is 2.62 bits per heavy atom. The lowest BCUT2D eigenvalue weighted by atomic mass is 10.0. The van der Waals surface area contributed by atoms with E-state index in [2.05, 4.69) is 26.9 Å². The number of hydrogen-bond donors (Lipinski definition) is 3. The Bertz CT molecular complexity index is 1390. The first kappa shape index (κ1) is 20.4. The van der Waals surface area contributed by atoms with Crippen molar-refractivity contribution < 1.29 is 8.78 Å². The number of aromatic amines is 2. The molecule has 1 saturated heterocycles. The molecule has 2 aromatic heterocycles. The van der Waals surface area contributed by atoms with Crippen LogP contribution in [0, 0.1) is 11.6 Å². The Balaban J connectivity index is 1.59. The van der Waals surface area contributed by atoms with Crippen molar-refractivity contribution in [2.24, 2.45) is 0 Å². The number of hydrogen-bond acceptors (Lipinski definition) is 5. The van der Waals surface area contributed by atoms with Gasteiger partial charge in [-0.05, 0) is 51.2 Å². The number of nitrogens with zero attached hydrogens (tertiary/aromatic N) is 3. The van der Waals surface area contributed by atoms with E-state index < -0.39 is 11.4 Å². The van der Waals surface area contributed by atoms with Gasteiger partial charge < -0.3 is 25.5 Å². The van der Waals surface area contributed by atoms with Gasteiger partial charge in [0.15, 0.2) is 0 Å². The number of pyridine rings is 1. The Morgan fingerprint density at radius 1 is 1.12 bits per heavy atom. The second-order valence-corrected chi connectivity index (χ2v) is 8.46. The van der Waals surface area contributed by atoms with E-state index in [0.29, 0.717) is 22.2 Å². The molecule has 1 aliphatic rings. The lowest BCUT2D eigenvalue weighted by molar-refractivity contribution is 0.252. The quantitative estimate of drug-likeness (QED) is 0.456. The standard InChI is InChI=1S/C23H24F2N6O/c1-30-8-6-12(7-9-30)31(2)18-11-17-16(10-14(18)25)27-22(28-17)20-21(26)19-13(24)4-3-5-15(19)29-23(20)32/h3-5,10-12H,6-9H2,1-2H3,(H,27,28)(H3,26,29,32). The molecule has 0 radical (unpaired) electrons. The molecule has 0 spiro atoms. The van der Waals surface area contributed by atoms with Crippen molar-refractivity contribution in [3.05, 3.63) is 52.3 Å². The molecule has 3 heterocycles. The molecule has 0 bridgehead atoms. The van der Waals surface area contributed by atoms with Gasteiger partial charge in [0.1, 0.15) is 23.0 Å². The Hall–Kier alpha value is -3.46.